The highest BCUT2D eigenvalue weighted by Gasteiger charge is 2.12. The van der Waals surface area contributed by atoms with Crippen LogP contribution in [0, 0.1) is 0 Å². The maximum absolute atomic E-state index is 11.6. The summed E-state index contributed by atoms with van der Waals surface area (Å²) in [6, 6.07) is 10.5. The first kappa shape index (κ1) is 12.6. The van der Waals surface area contributed by atoms with E-state index in [-0.39, 0.29) is 0 Å². The second kappa shape index (κ2) is 4.90. The topological polar surface area (TPSA) is 68.9 Å². The first-order valence-corrected chi connectivity index (χ1v) is 6.33. The standard InChI is InChI=1S/C15H10ClN3O/c16-10-3-4-13-11(6-10)12(15(17)20)7-14(19-13)9-2-1-5-18-8-9/h1-8H,(H2,17,20). The Balaban J connectivity index is 2.32. The lowest BCUT2D eigenvalue weighted by Crippen LogP contribution is -2.12. The van der Waals surface area contributed by atoms with Crippen LogP contribution < -0.4 is 5.73 Å². The number of fused-ring (bicyclic) bond motifs is 1. The van der Waals surface area contributed by atoms with Crippen molar-refractivity contribution in [3.63, 3.8) is 0 Å². The van der Waals surface area contributed by atoms with Gasteiger partial charge in [0.2, 0.25) is 5.91 Å². The molecule has 0 aliphatic carbocycles. The molecular weight excluding hydrogens is 274 g/mol. The molecule has 0 saturated carbocycles. The van der Waals surface area contributed by atoms with Gasteiger partial charge >= 0.3 is 0 Å². The number of aromatic nitrogens is 2. The fourth-order valence-corrected chi connectivity index (χ4v) is 2.24. The van der Waals surface area contributed by atoms with Crippen molar-refractivity contribution < 1.29 is 4.79 Å². The van der Waals surface area contributed by atoms with Gasteiger partial charge in [0.25, 0.3) is 0 Å². The second-order valence-corrected chi connectivity index (χ2v) is 4.76. The van der Waals surface area contributed by atoms with Gasteiger partial charge < -0.3 is 5.73 Å². The van der Waals surface area contributed by atoms with E-state index in [0.717, 1.165) is 5.56 Å². The predicted molar refractivity (Wildman–Crippen MR) is 78.5 cm³/mol. The molecule has 1 amide bonds. The summed E-state index contributed by atoms with van der Waals surface area (Å²) in [5.74, 6) is -0.509. The van der Waals surface area contributed by atoms with Crippen LogP contribution in [0.5, 0.6) is 0 Å². The van der Waals surface area contributed by atoms with Crippen LogP contribution in [0.2, 0.25) is 5.02 Å². The molecule has 0 spiro atoms. The number of carbonyl (C=O) groups is 1. The maximum Gasteiger partial charge on any atom is 0.249 e. The smallest absolute Gasteiger partial charge is 0.249 e. The molecule has 0 aliphatic rings. The Kier molecular flexibility index (Phi) is 3.08. The average molecular weight is 284 g/mol. The number of carbonyl (C=O) groups excluding carboxylic acids is 1. The zero-order chi connectivity index (χ0) is 14.1. The molecule has 2 heterocycles. The number of nitrogens with zero attached hydrogens (tertiary/aromatic N) is 2. The lowest BCUT2D eigenvalue weighted by Gasteiger charge is -2.07. The Hall–Kier alpha value is -2.46. The molecule has 0 radical (unpaired) electrons. The quantitative estimate of drug-likeness (QED) is 0.786. The number of hydrogen-bond donors (Lipinski definition) is 1. The van der Waals surface area contributed by atoms with Gasteiger partial charge in [0.15, 0.2) is 0 Å². The van der Waals surface area contributed by atoms with Gasteiger partial charge in [0, 0.05) is 28.4 Å². The molecule has 98 valence electrons. The molecule has 0 aliphatic heterocycles. The zero-order valence-electron chi connectivity index (χ0n) is 10.4. The van der Waals surface area contributed by atoms with Crippen LogP contribution in [0.1, 0.15) is 10.4 Å². The third-order valence-electron chi connectivity index (χ3n) is 2.99. The van der Waals surface area contributed by atoms with E-state index in [9.17, 15) is 4.79 Å². The summed E-state index contributed by atoms with van der Waals surface area (Å²) >= 11 is 5.96. The Labute approximate surface area is 120 Å². The maximum atomic E-state index is 11.6. The van der Waals surface area contributed by atoms with Crippen molar-refractivity contribution in [1.82, 2.24) is 9.97 Å². The average Bonchev–Trinajstić information content (AvgIpc) is 2.47. The van der Waals surface area contributed by atoms with E-state index >= 15 is 0 Å². The molecule has 3 rings (SSSR count). The Bertz CT molecular complexity index is 803. The summed E-state index contributed by atoms with van der Waals surface area (Å²) in [5, 5.41) is 1.19. The first-order chi connectivity index (χ1) is 9.65. The van der Waals surface area contributed by atoms with Crippen LogP contribution in [0.3, 0.4) is 0 Å². The van der Waals surface area contributed by atoms with Crippen molar-refractivity contribution in [3.05, 3.63) is 59.4 Å². The second-order valence-electron chi connectivity index (χ2n) is 4.32. The molecule has 4 nitrogen and oxygen atoms in total. The van der Waals surface area contributed by atoms with Gasteiger partial charge in [-0.2, -0.15) is 0 Å². The molecule has 2 N–H and O–H groups in total. The lowest BCUT2D eigenvalue weighted by atomic mass is 10.0. The highest BCUT2D eigenvalue weighted by molar-refractivity contribution is 6.31. The normalized spacial score (nSPS) is 10.7. The number of primary amides is 1. The number of nitrogens with two attached hydrogens (primary N) is 1. The molecule has 3 aromatic rings. The molecule has 1 aromatic carbocycles. The van der Waals surface area contributed by atoms with Crippen LogP contribution in [-0.2, 0) is 0 Å². The van der Waals surface area contributed by atoms with Gasteiger partial charge in [0.1, 0.15) is 0 Å². The summed E-state index contributed by atoms with van der Waals surface area (Å²) < 4.78 is 0. The van der Waals surface area contributed by atoms with Crippen molar-refractivity contribution in [2.24, 2.45) is 5.73 Å². The van der Waals surface area contributed by atoms with Gasteiger partial charge in [-0.05, 0) is 36.4 Å². The van der Waals surface area contributed by atoms with Gasteiger partial charge in [-0.15, -0.1) is 0 Å². The largest absolute Gasteiger partial charge is 0.366 e. The molecule has 0 fully saturated rings. The molecule has 0 unspecified atom stereocenters. The van der Waals surface area contributed by atoms with Crippen LogP contribution >= 0.6 is 11.6 Å². The van der Waals surface area contributed by atoms with Crippen molar-refractivity contribution in [2.75, 3.05) is 0 Å². The number of hydrogen-bond acceptors (Lipinski definition) is 3. The highest BCUT2D eigenvalue weighted by atomic mass is 35.5. The van der Waals surface area contributed by atoms with Crippen LogP contribution in [-0.4, -0.2) is 15.9 Å². The number of benzene rings is 1. The molecule has 20 heavy (non-hydrogen) atoms. The van der Waals surface area contributed by atoms with Gasteiger partial charge in [-0.1, -0.05) is 11.6 Å². The Morgan fingerprint density at radius 2 is 2.05 bits per heavy atom. The van der Waals surface area contributed by atoms with E-state index in [2.05, 4.69) is 9.97 Å². The van der Waals surface area contributed by atoms with Gasteiger partial charge in [-0.3, -0.25) is 9.78 Å². The first-order valence-electron chi connectivity index (χ1n) is 5.95. The number of pyridine rings is 2. The summed E-state index contributed by atoms with van der Waals surface area (Å²) in [6.07, 6.45) is 3.37. The lowest BCUT2D eigenvalue weighted by molar-refractivity contribution is 0.100. The van der Waals surface area contributed by atoms with Crippen LogP contribution in [0.4, 0.5) is 0 Å². The fraction of sp³-hybridized carbons (Fsp3) is 0. The molecule has 0 atom stereocenters. The number of rotatable bonds is 2. The van der Waals surface area contributed by atoms with E-state index in [4.69, 9.17) is 17.3 Å². The minimum absolute atomic E-state index is 0.399. The molecule has 2 aromatic heterocycles. The summed E-state index contributed by atoms with van der Waals surface area (Å²) in [5.41, 5.74) is 8.00. The molecule has 5 heteroatoms. The van der Waals surface area contributed by atoms with Crippen molar-refractivity contribution in [2.45, 2.75) is 0 Å². The van der Waals surface area contributed by atoms with E-state index in [0.29, 0.717) is 27.2 Å². The molecular formula is C15H10ClN3O. The summed E-state index contributed by atoms with van der Waals surface area (Å²) in [7, 11) is 0. The third kappa shape index (κ3) is 2.21. The van der Waals surface area contributed by atoms with Crippen LogP contribution in [0.15, 0.2) is 48.8 Å². The predicted octanol–water partition coefficient (Wildman–Crippen LogP) is 3.05. The minimum Gasteiger partial charge on any atom is -0.366 e. The Morgan fingerprint density at radius 3 is 2.75 bits per heavy atom. The van der Waals surface area contributed by atoms with Crippen molar-refractivity contribution in [1.29, 1.82) is 0 Å². The summed E-state index contributed by atoms with van der Waals surface area (Å²) in [4.78, 5) is 20.2. The third-order valence-corrected chi connectivity index (χ3v) is 3.23. The highest BCUT2D eigenvalue weighted by Crippen LogP contribution is 2.26. The minimum atomic E-state index is -0.509. The monoisotopic (exact) mass is 283 g/mol. The summed E-state index contributed by atoms with van der Waals surface area (Å²) in [6.45, 7) is 0. The van der Waals surface area contributed by atoms with Gasteiger partial charge in [0.05, 0.1) is 16.8 Å². The van der Waals surface area contributed by atoms with E-state index in [1.165, 1.54) is 0 Å². The van der Waals surface area contributed by atoms with Crippen molar-refractivity contribution >= 4 is 28.4 Å². The van der Waals surface area contributed by atoms with E-state index in [1.54, 1.807) is 36.7 Å². The number of amides is 1. The molecule has 0 saturated heterocycles. The van der Waals surface area contributed by atoms with E-state index < -0.39 is 5.91 Å². The Morgan fingerprint density at radius 1 is 1.20 bits per heavy atom. The zero-order valence-corrected chi connectivity index (χ0v) is 11.1. The SMILES string of the molecule is NC(=O)c1cc(-c2cccnc2)nc2ccc(Cl)cc12. The number of halogens is 1. The van der Waals surface area contributed by atoms with E-state index in [1.807, 2.05) is 12.1 Å². The van der Waals surface area contributed by atoms with Crippen molar-refractivity contribution in [3.8, 4) is 11.3 Å². The fourth-order valence-electron chi connectivity index (χ4n) is 2.06. The molecule has 0 bridgehead atoms. The van der Waals surface area contributed by atoms with Gasteiger partial charge in [-0.25, -0.2) is 4.98 Å². The van der Waals surface area contributed by atoms with Crippen LogP contribution in [0.25, 0.3) is 22.2 Å².